The predicted molar refractivity (Wildman–Crippen MR) is 135 cm³/mol. The topological polar surface area (TPSA) is 114 Å². The third-order valence-corrected chi connectivity index (χ3v) is 7.63. The van der Waals surface area contributed by atoms with Crippen molar-refractivity contribution in [1.82, 2.24) is 9.62 Å². The smallest absolute Gasteiger partial charge is 0.259 e. The maximum absolute atomic E-state index is 13.3. The van der Waals surface area contributed by atoms with E-state index in [1.807, 2.05) is 30.3 Å². The van der Waals surface area contributed by atoms with Gasteiger partial charge in [-0.25, -0.2) is 8.42 Å². The van der Waals surface area contributed by atoms with Crippen molar-refractivity contribution in [2.45, 2.75) is 11.4 Å². The van der Waals surface area contributed by atoms with Crippen molar-refractivity contribution in [3.63, 3.8) is 0 Å². The van der Waals surface area contributed by atoms with Crippen molar-refractivity contribution in [2.75, 3.05) is 38.7 Å². The number of benzene rings is 3. The number of methoxy groups -OCH3 is 1. The van der Waals surface area contributed by atoms with Crippen molar-refractivity contribution in [3.8, 4) is 5.75 Å². The van der Waals surface area contributed by atoms with Crippen molar-refractivity contribution in [1.29, 1.82) is 0 Å². The third kappa shape index (κ3) is 5.73. The van der Waals surface area contributed by atoms with Gasteiger partial charge in [-0.15, -0.1) is 0 Å². The van der Waals surface area contributed by atoms with E-state index in [4.69, 9.17) is 9.47 Å². The van der Waals surface area contributed by atoms with Crippen LogP contribution in [0.25, 0.3) is 0 Å². The van der Waals surface area contributed by atoms with E-state index in [0.29, 0.717) is 19.8 Å². The van der Waals surface area contributed by atoms with E-state index in [1.54, 1.807) is 24.3 Å². The standard InChI is InChI=1S/C26H27N3O6S/c1-34-24-12-11-20(36(32,33)29-13-15-35-16-14-29)17-22(24)26(31)28-23-10-6-5-9-21(23)25(30)27-18-19-7-3-2-4-8-19/h2-12,17H,13-16,18H2,1H3,(H,27,30)(H,28,31). The molecule has 2 N–H and O–H groups in total. The lowest BCUT2D eigenvalue weighted by Crippen LogP contribution is -2.40. The Kier molecular flexibility index (Phi) is 7.99. The summed E-state index contributed by atoms with van der Waals surface area (Å²) in [5, 5.41) is 5.58. The molecular formula is C26H27N3O6S. The number of nitrogens with zero attached hydrogens (tertiary/aromatic N) is 1. The fourth-order valence-corrected chi connectivity index (χ4v) is 5.25. The van der Waals surface area contributed by atoms with E-state index >= 15 is 0 Å². The molecule has 0 bridgehead atoms. The fraction of sp³-hybridized carbons (Fsp3) is 0.231. The number of amides is 2. The summed E-state index contributed by atoms with van der Waals surface area (Å²) in [7, 11) is -2.42. The summed E-state index contributed by atoms with van der Waals surface area (Å²) >= 11 is 0. The summed E-state index contributed by atoms with van der Waals surface area (Å²) in [5.74, 6) is -0.751. The van der Waals surface area contributed by atoms with Gasteiger partial charge in [0.15, 0.2) is 0 Å². The fourth-order valence-electron chi connectivity index (χ4n) is 3.81. The summed E-state index contributed by atoms with van der Waals surface area (Å²) in [6.45, 7) is 1.43. The van der Waals surface area contributed by atoms with E-state index in [9.17, 15) is 18.0 Å². The highest BCUT2D eigenvalue weighted by molar-refractivity contribution is 7.89. The Labute approximate surface area is 210 Å². The average Bonchev–Trinajstić information content (AvgIpc) is 2.92. The molecule has 0 saturated carbocycles. The molecule has 36 heavy (non-hydrogen) atoms. The van der Waals surface area contributed by atoms with Crippen LogP contribution in [0.15, 0.2) is 77.7 Å². The number of carbonyl (C=O) groups is 2. The number of hydrogen-bond donors (Lipinski definition) is 2. The zero-order chi connectivity index (χ0) is 25.5. The van der Waals surface area contributed by atoms with E-state index in [2.05, 4.69) is 10.6 Å². The second-order valence-corrected chi connectivity index (χ2v) is 9.98. The Morgan fingerprint density at radius 2 is 1.61 bits per heavy atom. The van der Waals surface area contributed by atoms with Crippen LogP contribution in [0.2, 0.25) is 0 Å². The molecule has 10 heteroatoms. The van der Waals surface area contributed by atoms with Crippen LogP contribution in [0.5, 0.6) is 5.75 Å². The van der Waals surface area contributed by atoms with Crippen LogP contribution in [0.3, 0.4) is 0 Å². The number of nitrogens with one attached hydrogen (secondary N) is 2. The first-order valence-electron chi connectivity index (χ1n) is 11.4. The average molecular weight is 510 g/mol. The number of morpholine rings is 1. The molecule has 2 amide bonds. The van der Waals surface area contributed by atoms with E-state index < -0.39 is 15.9 Å². The zero-order valence-electron chi connectivity index (χ0n) is 19.8. The molecule has 0 radical (unpaired) electrons. The van der Waals surface area contributed by atoms with Crippen LogP contribution in [-0.4, -0.2) is 58.0 Å². The van der Waals surface area contributed by atoms with Gasteiger partial charge in [0.05, 0.1) is 42.0 Å². The van der Waals surface area contributed by atoms with Gasteiger partial charge in [-0.05, 0) is 35.9 Å². The Morgan fingerprint density at radius 1 is 0.917 bits per heavy atom. The number of ether oxygens (including phenoxy) is 2. The first-order chi connectivity index (χ1) is 17.4. The van der Waals surface area contributed by atoms with Crippen LogP contribution in [0.4, 0.5) is 5.69 Å². The molecule has 1 aliphatic rings. The van der Waals surface area contributed by atoms with Crippen LogP contribution >= 0.6 is 0 Å². The number of sulfonamides is 1. The quantitative estimate of drug-likeness (QED) is 0.483. The van der Waals surface area contributed by atoms with Gasteiger partial charge in [-0.3, -0.25) is 9.59 Å². The molecule has 1 saturated heterocycles. The summed E-state index contributed by atoms with van der Waals surface area (Å²) in [5.41, 5.74) is 1.54. The Balaban J connectivity index is 1.56. The Hall–Kier alpha value is -3.73. The van der Waals surface area contributed by atoms with Crippen LogP contribution in [0, 0.1) is 0 Å². The first-order valence-corrected chi connectivity index (χ1v) is 12.8. The van der Waals surface area contributed by atoms with Gasteiger partial charge in [0.2, 0.25) is 10.0 Å². The van der Waals surface area contributed by atoms with Gasteiger partial charge in [0.25, 0.3) is 11.8 Å². The molecule has 0 unspecified atom stereocenters. The number of rotatable bonds is 8. The van der Waals surface area contributed by atoms with E-state index in [-0.39, 0.29) is 46.5 Å². The predicted octanol–water partition coefficient (Wildman–Crippen LogP) is 2.90. The number of para-hydroxylation sites is 1. The highest BCUT2D eigenvalue weighted by atomic mass is 32.2. The van der Waals surface area contributed by atoms with E-state index in [1.165, 1.54) is 29.6 Å². The highest BCUT2D eigenvalue weighted by Crippen LogP contribution is 2.27. The molecule has 3 aromatic rings. The molecule has 0 aliphatic carbocycles. The molecule has 3 aromatic carbocycles. The third-order valence-electron chi connectivity index (χ3n) is 5.74. The van der Waals surface area contributed by atoms with Gasteiger partial charge in [0, 0.05) is 19.6 Å². The monoisotopic (exact) mass is 509 g/mol. The Bertz CT molecular complexity index is 1340. The maximum atomic E-state index is 13.3. The van der Waals surface area contributed by atoms with Crippen LogP contribution < -0.4 is 15.4 Å². The number of hydrogen-bond acceptors (Lipinski definition) is 6. The Morgan fingerprint density at radius 3 is 2.33 bits per heavy atom. The number of carbonyl (C=O) groups excluding carboxylic acids is 2. The largest absolute Gasteiger partial charge is 0.496 e. The number of anilines is 1. The zero-order valence-corrected chi connectivity index (χ0v) is 20.6. The lowest BCUT2D eigenvalue weighted by molar-refractivity contribution is 0.0730. The molecular weight excluding hydrogens is 482 g/mol. The SMILES string of the molecule is COc1ccc(S(=O)(=O)N2CCOCC2)cc1C(=O)Nc1ccccc1C(=O)NCc1ccccc1. The van der Waals surface area contributed by atoms with Crippen molar-refractivity contribution in [3.05, 3.63) is 89.5 Å². The molecule has 1 aliphatic heterocycles. The molecule has 0 spiro atoms. The minimum atomic E-state index is -3.82. The van der Waals surface area contributed by atoms with E-state index in [0.717, 1.165) is 5.56 Å². The second-order valence-electron chi connectivity index (χ2n) is 8.05. The van der Waals surface area contributed by atoms with Crippen molar-refractivity contribution < 1.29 is 27.5 Å². The minimum Gasteiger partial charge on any atom is -0.496 e. The lowest BCUT2D eigenvalue weighted by atomic mass is 10.1. The molecule has 9 nitrogen and oxygen atoms in total. The first kappa shape index (κ1) is 25.4. The van der Waals surface area contributed by atoms with Crippen LogP contribution in [-0.2, 0) is 21.3 Å². The molecule has 0 aromatic heterocycles. The normalized spacial score (nSPS) is 14.1. The van der Waals surface area contributed by atoms with Crippen molar-refractivity contribution in [2.24, 2.45) is 0 Å². The maximum Gasteiger partial charge on any atom is 0.259 e. The lowest BCUT2D eigenvalue weighted by Gasteiger charge is -2.26. The molecule has 1 heterocycles. The second kappa shape index (κ2) is 11.3. The molecule has 188 valence electrons. The minimum absolute atomic E-state index is 0.0239. The van der Waals surface area contributed by atoms with Gasteiger partial charge < -0.3 is 20.1 Å². The summed E-state index contributed by atoms with van der Waals surface area (Å²) in [6, 6.07) is 20.2. The van der Waals surface area contributed by atoms with Gasteiger partial charge in [-0.1, -0.05) is 42.5 Å². The molecule has 0 atom stereocenters. The van der Waals surface area contributed by atoms with Gasteiger partial charge in [0.1, 0.15) is 5.75 Å². The van der Waals surface area contributed by atoms with Gasteiger partial charge in [-0.2, -0.15) is 4.31 Å². The van der Waals surface area contributed by atoms with Crippen molar-refractivity contribution >= 4 is 27.5 Å². The molecule has 1 fully saturated rings. The highest BCUT2D eigenvalue weighted by Gasteiger charge is 2.28. The van der Waals surface area contributed by atoms with Crippen LogP contribution in [0.1, 0.15) is 26.3 Å². The van der Waals surface area contributed by atoms with Gasteiger partial charge >= 0.3 is 0 Å². The summed E-state index contributed by atoms with van der Waals surface area (Å²) < 4.78 is 38.1. The summed E-state index contributed by atoms with van der Waals surface area (Å²) in [6.07, 6.45) is 0. The molecule has 4 rings (SSSR count). The summed E-state index contributed by atoms with van der Waals surface area (Å²) in [4.78, 5) is 26.1.